The lowest BCUT2D eigenvalue weighted by Gasteiger charge is -2.34. The lowest BCUT2D eigenvalue weighted by molar-refractivity contribution is 0.129. The van der Waals surface area contributed by atoms with Gasteiger partial charge in [0.05, 0.1) is 6.17 Å². The molecule has 26 heavy (non-hydrogen) atoms. The molecular formula is C18H30N3O4P. The third kappa shape index (κ3) is 7.87. The normalized spacial score (nSPS) is 18.2. The molecule has 1 aliphatic rings. The van der Waals surface area contributed by atoms with Gasteiger partial charge in [-0.2, -0.15) is 0 Å². The summed E-state index contributed by atoms with van der Waals surface area (Å²) in [5, 5.41) is 6.36. The molecule has 1 saturated heterocycles. The van der Waals surface area contributed by atoms with Gasteiger partial charge >= 0.3 is 6.09 Å². The molecule has 2 rings (SSSR count). The summed E-state index contributed by atoms with van der Waals surface area (Å²) < 4.78 is 16.1. The highest BCUT2D eigenvalue weighted by Gasteiger charge is 2.22. The van der Waals surface area contributed by atoms with E-state index < -0.39 is 14.1 Å². The van der Waals surface area contributed by atoms with Crippen LogP contribution in [0.25, 0.3) is 0 Å². The van der Waals surface area contributed by atoms with Gasteiger partial charge in [-0.1, -0.05) is 37.3 Å². The fourth-order valence-electron chi connectivity index (χ4n) is 3.03. The van der Waals surface area contributed by atoms with Crippen LogP contribution in [0.5, 0.6) is 0 Å². The molecule has 1 fully saturated rings. The minimum absolute atomic E-state index is 0.122. The van der Waals surface area contributed by atoms with Crippen molar-refractivity contribution < 1.29 is 19.0 Å². The molecule has 0 aromatic heterocycles. The molecule has 0 radical (unpaired) electrons. The van der Waals surface area contributed by atoms with E-state index in [4.69, 9.17) is 9.63 Å². The topological polar surface area (TPSA) is 90.9 Å². The molecule has 2 unspecified atom stereocenters. The van der Waals surface area contributed by atoms with E-state index in [2.05, 4.69) is 15.5 Å². The number of likely N-dealkylation sites (tertiary alicyclic amines) is 1. The van der Waals surface area contributed by atoms with E-state index in [-0.39, 0.29) is 12.8 Å². The Bertz CT molecular complexity index is 565. The molecule has 0 aliphatic carbocycles. The first-order chi connectivity index (χ1) is 12.6. The maximum atomic E-state index is 12.0. The zero-order chi connectivity index (χ0) is 18.8. The van der Waals surface area contributed by atoms with Gasteiger partial charge in [-0.15, -0.1) is 0 Å². The fourth-order valence-corrected chi connectivity index (χ4v) is 3.54. The lowest BCUT2D eigenvalue weighted by Crippen LogP contribution is -2.52. The van der Waals surface area contributed by atoms with E-state index in [1.807, 2.05) is 37.3 Å². The molecule has 7 nitrogen and oxygen atoms in total. The Kier molecular flexibility index (Phi) is 9.12. The second-order valence-corrected chi connectivity index (χ2v) is 7.88. The van der Waals surface area contributed by atoms with Crippen molar-refractivity contribution in [1.29, 1.82) is 0 Å². The summed E-state index contributed by atoms with van der Waals surface area (Å²) >= 11 is 0. The van der Waals surface area contributed by atoms with Crippen molar-refractivity contribution in [1.82, 2.24) is 15.5 Å². The number of amides is 1. The summed E-state index contributed by atoms with van der Waals surface area (Å²) in [7, 11) is -2.38. The first-order valence-electron chi connectivity index (χ1n) is 9.24. The van der Waals surface area contributed by atoms with Gasteiger partial charge < -0.3 is 19.8 Å². The molecule has 1 aromatic carbocycles. The smallest absolute Gasteiger partial charge is 0.408 e. The third-order valence-electron chi connectivity index (χ3n) is 4.58. The van der Waals surface area contributed by atoms with Crippen molar-refractivity contribution in [3.63, 3.8) is 0 Å². The summed E-state index contributed by atoms with van der Waals surface area (Å²) in [5.41, 5.74) is 0.960. The standard InChI is InChI=1S/C18H30N3O4P/c1-2-17(20-18(22)25-14-15-6-4-3-5-7-15)19-16-8-10-21(11-9-16)12-13-26(23)24/h3-7,16-17,19,26H,2,8-14H2,1H3,(H,20,22)(H,23,24). The van der Waals surface area contributed by atoms with Crippen molar-refractivity contribution >= 4 is 14.1 Å². The minimum atomic E-state index is -2.38. The first-order valence-corrected chi connectivity index (χ1v) is 10.8. The lowest BCUT2D eigenvalue weighted by atomic mass is 10.0. The highest BCUT2D eigenvalue weighted by Crippen LogP contribution is 2.16. The number of carbonyl (C=O) groups excluding carboxylic acids is 1. The average molecular weight is 383 g/mol. The Morgan fingerprint density at radius 2 is 2.04 bits per heavy atom. The Hall–Kier alpha value is -1.40. The Morgan fingerprint density at radius 3 is 2.65 bits per heavy atom. The van der Waals surface area contributed by atoms with Crippen LogP contribution in [-0.2, 0) is 15.9 Å². The van der Waals surface area contributed by atoms with E-state index in [1.54, 1.807) is 0 Å². The van der Waals surface area contributed by atoms with Crippen molar-refractivity contribution in [2.45, 2.75) is 45.0 Å². The predicted molar refractivity (Wildman–Crippen MR) is 103 cm³/mol. The van der Waals surface area contributed by atoms with Crippen LogP contribution in [0.2, 0.25) is 0 Å². The largest absolute Gasteiger partial charge is 0.445 e. The number of nitrogens with one attached hydrogen (secondary N) is 2. The predicted octanol–water partition coefficient (Wildman–Crippen LogP) is 2.17. The third-order valence-corrected chi connectivity index (χ3v) is 5.23. The van der Waals surface area contributed by atoms with Crippen molar-refractivity contribution in [3.05, 3.63) is 35.9 Å². The van der Waals surface area contributed by atoms with Crippen LogP contribution < -0.4 is 10.6 Å². The number of benzene rings is 1. The van der Waals surface area contributed by atoms with Gasteiger partial charge in [0.25, 0.3) is 0 Å². The van der Waals surface area contributed by atoms with E-state index in [0.29, 0.717) is 18.7 Å². The van der Waals surface area contributed by atoms with E-state index in [9.17, 15) is 9.36 Å². The highest BCUT2D eigenvalue weighted by atomic mass is 31.1. The highest BCUT2D eigenvalue weighted by molar-refractivity contribution is 7.38. The molecule has 0 saturated carbocycles. The van der Waals surface area contributed by atoms with Crippen LogP contribution in [0, 0.1) is 0 Å². The molecule has 1 heterocycles. The zero-order valence-corrected chi connectivity index (χ0v) is 16.3. The van der Waals surface area contributed by atoms with Crippen molar-refractivity contribution in [2.24, 2.45) is 0 Å². The molecule has 2 atom stereocenters. The monoisotopic (exact) mass is 383 g/mol. The van der Waals surface area contributed by atoms with Gasteiger partial charge in [-0.3, -0.25) is 9.88 Å². The molecule has 1 aromatic rings. The Labute approximate surface area is 156 Å². The Morgan fingerprint density at radius 1 is 1.35 bits per heavy atom. The fraction of sp³-hybridized carbons (Fsp3) is 0.611. The van der Waals surface area contributed by atoms with Crippen LogP contribution in [0.3, 0.4) is 0 Å². The van der Waals surface area contributed by atoms with E-state index >= 15 is 0 Å². The van der Waals surface area contributed by atoms with E-state index in [0.717, 1.165) is 37.9 Å². The van der Waals surface area contributed by atoms with Crippen LogP contribution in [0.4, 0.5) is 4.79 Å². The first kappa shape index (κ1) is 20.9. The number of ether oxygens (including phenoxy) is 1. The summed E-state index contributed by atoms with van der Waals surface area (Å²) in [6.45, 7) is 4.77. The number of hydrogen-bond acceptors (Lipinski definition) is 5. The second-order valence-electron chi connectivity index (χ2n) is 6.59. The van der Waals surface area contributed by atoms with Crippen LogP contribution >= 0.6 is 8.03 Å². The molecule has 0 spiro atoms. The van der Waals surface area contributed by atoms with Gasteiger partial charge in [-0.25, -0.2) is 4.79 Å². The summed E-state index contributed by atoms with van der Waals surface area (Å²) in [6, 6.07) is 9.93. The van der Waals surface area contributed by atoms with Crippen LogP contribution in [-0.4, -0.2) is 53.9 Å². The van der Waals surface area contributed by atoms with Crippen molar-refractivity contribution in [2.75, 3.05) is 25.8 Å². The van der Waals surface area contributed by atoms with Crippen LogP contribution in [0.15, 0.2) is 30.3 Å². The van der Waals surface area contributed by atoms with E-state index in [1.165, 1.54) is 0 Å². The molecule has 146 valence electrons. The number of rotatable bonds is 9. The quantitative estimate of drug-likeness (QED) is 0.447. The molecule has 8 heteroatoms. The summed E-state index contributed by atoms with van der Waals surface area (Å²) in [5.74, 6) is 0. The number of hydrogen-bond donors (Lipinski definition) is 3. The number of carbonyl (C=O) groups is 1. The minimum Gasteiger partial charge on any atom is -0.445 e. The SMILES string of the molecule is CCC(NC(=O)OCc1ccccc1)NC1CCN(CC[PH](=O)O)CC1. The molecular weight excluding hydrogens is 353 g/mol. The summed E-state index contributed by atoms with van der Waals surface area (Å²) in [4.78, 5) is 23.2. The maximum Gasteiger partial charge on any atom is 0.408 e. The van der Waals surface area contributed by atoms with Gasteiger partial charge in [0.1, 0.15) is 6.61 Å². The number of alkyl carbamates (subject to hydrolysis) is 1. The molecule has 0 bridgehead atoms. The van der Waals surface area contributed by atoms with Gasteiger partial charge in [0.2, 0.25) is 0 Å². The average Bonchev–Trinajstić information content (AvgIpc) is 2.66. The van der Waals surface area contributed by atoms with Crippen molar-refractivity contribution in [3.8, 4) is 0 Å². The zero-order valence-electron chi connectivity index (χ0n) is 15.3. The van der Waals surface area contributed by atoms with Crippen LogP contribution in [0.1, 0.15) is 31.7 Å². The maximum absolute atomic E-state index is 12.0. The van der Waals surface area contributed by atoms with Gasteiger partial charge in [-0.05, 0) is 37.9 Å². The second kappa shape index (κ2) is 11.3. The number of piperidine rings is 1. The van der Waals surface area contributed by atoms with Gasteiger partial charge in [0.15, 0.2) is 8.03 Å². The Balaban J connectivity index is 1.67. The van der Waals surface area contributed by atoms with Gasteiger partial charge in [0, 0.05) is 18.7 Å². The summed E-state index contributed by atoms with van der Waals surface area (Å²) in [6.07, 6.45) is 2.53. The molecule has 1 amide bonds. The molecule has 3 N–H and O–H groups in total. The molecule has 1 aliphatic heterocycles. The number of nitrogens with zero attached hydrogens (tertiary/aromatic N) is 1.